The summed E-state index contributed by atoms with van der Waals surface area (Å²) in [6.45, 7) is 3.17. The van der Waals surface area contributed by atoms with Gasteiger partial charge < -0.3 is 5.32 Å². The van der Waals surface area contributed by atoms with E-state index in [-0.39, 0.29) is 16.6 Å². The van der Waals surface area contributed by atoms with E-state index < -0.39 is 32.2 Å². The molecule has 1 aromatic rings. The van der Waals surface area contributed by atoms with Gasteiger partial charge in [-0.2, -0.15) is 9.98 Å². The Hall–Kier alpha value is -1.69. The Kier molecular flexibility index (Phi) is 5.72. The molecule has 2 atom stereocenters. The fourth-order valence-electron chi connectivity index (χ4n) is 3.10. The number of hydrogen-bond donors (Lipinski definition) is 2. The van der Waals surface area contributed by atoms with Crippen molar-refractivity contribution < 1.29 is 17.6 Å². The second-order valence-corrected chi connectivity index (χ2v) is 8.50. The van der Waals surface area contributed by atoms with Crippen LogP contribution in [0.25, 0.3) is 0 Å². The summed E-state index contributed by atoms with van der Waals surface area (Å²) in [7, 11) is -4.30. The van der Waals surface area contributed by atoms with Crippen LogP contribution in [0.15, 0.2) is 17.0 Å². The van der Waals surface area contributed by atoms with Gasteiger partial charge in [-0.3, -0.25) is 4.79 Å². The van der Waals surface area contributed by atoms with Crippen molar-refractivity contribution in [2.24, 2.45) is 5.92 Å². The van der Waals surface area contributed by atoms with Gasteiger partial charge in [0.05, 0.1) is 16.8 Å². The van der Waals surface area contributed by atoms with Crippen LogP contribution in [0.3, 0.4) is 0 Å². The lowest BCUT2D eigenvalue weighted by molar-refractivity contribution is -0.114. The number of anilines is 1. The van der Waals surface area contributed by atoms with Gasteiger partial charge in [-0.05, 0) is 24.8 Å². The third-order valence-corrected chi connectivity index (χ3v) is 6.03. The zero-order chi connectivity index (χ0) is 18.8. The lowest BCUT2D eigenvalue weighted by Gasteiger charge is -2.34. The summed E-state index contributed by atoms with van der Waals surface area (Å²) in [6, 6.07) is 3.82. The molecule has 1 aliphatic carbocycles. The summed E-state index contributed by atoms with van der Waals surface area (Å²) in [6.07, 6.45) is 2.35. The van der Waals surface area contributed by atoms with Crippen LogP contribution in [-0.4, -0.2) is 19.9 Å². The number of benzene rings is 1. The molecule has 9 heteroatoms. The number of hydrogen-bond acceptors (Lipinski definition) is 4. The van der Waals surface area contributed by atoms with Crippen molar-refractivity contribution >= 4 is 33.2 Å². The molecule has 136 valence electrons. The van der Waals surface area contributed by atoms with Crippen molar-refractivity contribution in [2.75, 3.05) is 5.32 Å². The van der Waals surface area contributed by atoms with Crippen LogP contribution >= 0.6 is 11.6 Å². The highest BCUT2D eigenvalue weighted by molar-refractivity contribution is 7.89. The fraction of sp³-hybridized carbons (Fsp3) is 0.500. The number of carbonyl (C=O) groups is 1. The molecule has 0 saturated heterocycles. The minimum absolute atomic E-state index is 0.0214. The first kappa shape index (κ1) is 19.6. The largest absolute Gasteiger partial charge is 0.325 e. The normalized spacial score (nSPS) is 23.7. The predicted octanol–water partition coefficient (Wildman–Crippen LogP) is 3.19. The predicted molar refractivity (Wildman–Crippen MR) is 92.0 cm³/mol. The van der Waals surface area contributed by atoms with E-state index in [0.717, 1.165) is 18.6 Å². The lowest BCUT2D eigenvalue weighted by Crippen LogP contribution is -2.50. The van der Waals surface area contributed by atoms with E-state index in [9.17, 15) is 22.9 Å². The zero-order valence-corrected chi connectivity index (χ0v) is 15.5. The average molecular weight is 388 g/mol. The minimum Gasteiger partial charge on any atom is -0.325 e. The summed E-state index contributed by atoms with van der Waals surface area (Å²) in [5, 5.41) is 11.7. The Morgan fingerprint density at radius 1 is 1.48 bits per heavy atom. The minimum atomic E-state index is -4.30. The standard InChI is InChI=1S/C16H19ClFN3O3S/c1-10-4-3-5-16(8-10,9-19)21-25(23,24)15-6-12(17)14(7-13(15)18)20-11(2)22/h6-7,10,21H,3-5,8H2,1-2H3,(H,20,22)/t10-,16-/m1/s1. The van der Waals surface area contributed by atoms with Gasteiger partial charge >= 0.3 is 0 Å². The third kappa shape index (κ3) is 4.48. The summed E-state index contributed by atoms with van der Waals surface area (Å²) in [5.41, 5.74) is -1.28. The first-order chi connectivity index (χ1) is 11.6. The molecule has 1 amide bonds. The van der Waals surface area contributed by atoms with Crippen molar-refractivity contribution in [2.45, 2.75) is 50.0 Å². The quantitative estimate of drug-likeness (QED) is 0.828. The number of nitrogens with one attached hydrogen (secondary N) is 2. The van der Waals surface area contributed by atoms with E-state index in [1.807, 2.05) is 13.0 Å². The topological polar surface area (TPSA) is 99.1 Å². The van der Waals surface area contributed by atoms with E-state index in [1.54, 1.807) is 0 Å². The van der Waals surface area contributed by atoms with Gasteiger partial charge in [-0.15, -0.1) is 0 Å². The molecule has 1 aliphatic rings. The maximum atomic E-state index is 14.3. The molecule has 1 aromatic carbocycles. The van der Waals surface area contributed by atoms with Gasteiger partial charge in [0, 0.05) is 13.0 Å². The molecule has 0 aliphatic heterocycles. The first-order valence-electron chi connectivity index (χ1n) is 7.80. The van der Waals surface area contributed by atoms with Crippen molar-refractivity contribution in [3.05, 3.63) is 23.0 Å². The average Bonchev–Trinajstić information content (AvgIpc) is 2.49. The van der Waals surface area contributed by atoms with Gasteiger partial charge in [0.1, 0.15) is 16.3 Å². The molecule has 2 N–H and O–H groups in total. The second kappa shape index (κ2) is 7.28. The van der Waals surface area contributed by atoms with Crippen LogP contribution in [0.5, 0.6) is 0 Å². The Balaban J connectivity index is 2.38. The van der Waals surface area contributed by atoms with Gasteiger partial charge in [0.15, 0.2) is 0 Å². The number of nitrogens with zero attached hydrogens (tertiary/aromatic N) is 1. The van der Waals surface area contributed by atoms with Gasteiger partial charge in [0.2, 0.25) is 15.9 Å². The zero-order valence-electron chi connectivity index (χ0n) is 13.9. The third-order valence-electron chi connectivity index (χ3n) is 4.16. The Morgan fingerprint density at radius 2 is 2.16 bits per heavy atom. The molecule has 1 saturated carbocycles. The van der Waals surface area contributed by atoms with E-state index in [2.05, 4.69) is 10.0 Å². The van der Waals surface area contributed by atoms with Gasteiger partial charge in [0.25, 0.3) is 0 Å². The lowest BCUT2D eigenvalue weighted by atomic mass is 9.78. The van der Waals surface area contributed by atoms with Crippen LogP contribution in [0, 0.1) is 23.1 Å². The molecular formula is C16H19ClFN3O3S. The summed E-state index contributed by atoms with van der Waals surface area (Å²) >= 11 is 5.95. The molecule has 25 heavy (non-hydrogen) atoms. The fourth-order valence-corrected chi connectivity index (χ4v) is 4.82. The highest BCUT2D eigenvalue weighted by Crippen LogP contribution is 2.34. The van der Waals surface area contributed by atoms with Crippen LogP contribution in [0.2, 0.25) is 5.02 Å². The van der Waals surface area contributed by atoms with Crippen molar-refractivity contribution in [3.8, 4) is 6.07 Å². The maximum absolute atomic E-state index is 14.3. The molecule has 0 unspecified atom stereocenters. The number of carbonyl (C=O) groups excluding carboxylic acids is 1. The molecule has 0 aromatic heterocycles. The monoisotopic (exact) mass is 387 g/mol. The number of halogens is 2. The Labute approximate surface area is 151 Å². The van der Waals surface area contributed by atoms with Gasteiger partial charge in [-0.1, -0.05) is 31.4 Å². The summed E-state index contributed by atoms with van der Waals surface area (Å²) < 4.78 is 41.9. The number of rotatable bonds is 4. The van der Waals surface area contributed by atoms with Crippen LogP contribution in [0.4, 0.5) is 10.1 Å². The summed E-state index contributed by atoms with van der Waals surface area (Å²) in [4.78, 5) is 10.4. The molecule has 0 heterocycles. The van der Waals surface area contributed by atoms with Crippen LogP contribution in [-0.2, 0) is 14.8 Å². The first-order valence-corrected chi connectivity index (χ1v) is 9.66. The highest BCUT2D eigenvalue weighted by atomic mass is 35.5. The van der Waals surface area contributed by atoms with Gasteiger partial charge in [-0.25, -0.2) is 12.8 Å². The van der Waals surface area contributed by atoms with Crippen LogP contribution < -0.4 is 10.0 Å². The Morgan fingerprint density at radius 3 is 2.72 bits per heavy atom. The van der Waals surface area contributed by atoms with Crippen LogP contribution in [0.1, 0.15) is 39.5 Å². The molecular weight excluding hydrogens is 369 g/mol. The highest BCUT2D eigenvalue weighted by Gasteiger charge is 2.40. The SMILES string of the molecule is CC(=O)Nc1cc(F)c(S(=O)(=O)N[C@]2(C#N)CCC[C@@H](C)C2)cc1Cl. The number of sulfonamides is 1. The van der Waals surface area contributed by atoms with E-state index >= 15 is 0 Å². The van der Waals surface area contributed by atoms with E-state index in [4.69, 9.17) is 11.6 Å². The van der Waals surface area contributed by atoms with Crippen molar-refractivity contribution in [1.82, 2.24) is 4.72 Å². The van der Waals surface area contributed by atoms with Crippen molar-refractivity contribution in [3.63, 3.8) is 0 Å². The summed E-state index contributed by atoms with van der Waals surface area (Å²) in [5.74, 6) is -1.33. The maximum Gasteiger partial charge on any atom is 0.244 e. The number of nitriles is 1. The van der Waals surface area contributed by atoms with E-state index in [1.165, 1.54) is 6.92 Å². The molecule has 6 nitrogen and oxygen atoms in total. The molecule has 1 fully saturated rings. The molecule has 0 bridgehead atoms. The molecule has 2 rings (SSSR count). The molecule has 0 radical (unpaired) electrons. The van der Waals surface area contributed by atoms with E-state index in [0.29, 0.717) is 19.3 Å². The van der Waals surface area contributed by atoms with Crippen molar-refractivity contribution in [1.29, 1.82) is 5.26 Å². The second-order valence-electron chi connectivity index (χ2n) is 6.44. The number of amides is 1. The molecule has 0 spiro atoms. The smallest absolute Gasteiger partial charge is 0.244 e. The Bertz CT molecular complexity index is 838.